The highest BCUT2D eigenvalue weighted by atomic mass is 79.9. The summed E-state index contributed by atoms with van der Waals surface area (Å²) in [6, 6.07) is 10.6. The second-order valence-corrected chi connectivity index (χ2v) is 5.17. The maximum atomic E-state index is 12.2. The number of ether oxygens (including phenoxy) is 1. The zero-order chi connectivity index (χ0) is 15.2. The molecule has 1 heterocycles. The van der Waals surface area contributed by atoms with Crippen LogP contribution in [-0.2, 0) is 6.54 Å². The second-order valence-electron chi connectivity index (χ2n) is 4.25. The molecule has 2 rings (SSSR count). The van der Waals surface area contributed by atoms with Crippen LogP contribution < -0.4 is 10.1 Å². The van der Waals surface area contributed by atoms with E-state index in [0.717, 1.165) is 11.0 Å². The number of hydrogen-bond acceptors (Lipinski definition) is 3. The Kier molecular flexibility index (Phi) is 5.01. The van der Waals surface area contributed by atoms with Gasteiger partial charge in [-0.25, -0.2) is 0 Å². The predicted molar refractivity (Wildman–Crippen MR) is 83.3 cm³/mol. The number of nitriles is 1. The molecule has 1 amide bonds. The van der Waals surface area contributed by atoms with Gasteiger partial charge >= 0.3 is 0 Å². The Bertz CT molecular complexity index is 671. The Morgan fingerprint density at radius 3 is 2.76 bits per heavy atom. The zero-order valence-corrected chi connectivity index (χ0v) is 13.1. The van der Waals surface area contributed by atoms with Crippen molar-refractivity contribution in [2.45, 2.75) is 13.5 Å². The van der Waals surface area contributed by atoms with Crippen LogP contribution in [0.4, 0.5) is 5.69 Å². The molecule has 0 unspecified atom stereocenters. The number of benzene rings is 1. The minimum atomic E-state index is -0.173. The van der Waals surface area contributed by atoms with Crippen LogP contribution >= 0.6 is 15.9 Å². The van der Waals surface area contributed by atoms with Gasteiger partial charge in [-0.05, 0) is 53.2 Å². The van der Waals surface area contributed by atoms with Gasteiger partial charge in [0.05, 0.1) is 0 Å². The monoisotopic (exact) mass is 347 g/mol. The minimum absolute atomic E-state index is 0.00372. The lowest BCUT2D eigenvalue weighted by atomic mass is 10.3. The van der Waals surface area contributed by atoms with Crippen LogP contribution in [0, 0.1) is 11.3 Å². The molecule has 6 heteroatoms. The first-order valence-electron chi connectivity index (χ1n) is 6.41. The third-order valence-corrected chi connectivity index (χ3v) is 3.29. The van der Waals surface area contributed by atoms with Crippen LogP contribution in [0.1, 0.15) is 17.4 Å². The molecule has 0 bridgehead atoms. The molecule has 0 fully saturated rings. The number of halogens is 1. The first kappa shape index (κ1) is 15.1. The zero-order valence-electron chi connectivity index (χ0n) is 11.5. The van der Waals surface area contributed by atoms with Crippen LogP contribution in [-0.4, -0.2) is 17.1 Å². The third-order valence-electron chi connectivity index (χ3n) is 2.85. The van der Waals surface area contributed by atoms with E-state index in [1.54, 1.807) is 30.3 Å². The van der Waals surface area contributed by atoms with Crippen LogP contribution in [0.15, 0.2) is 41.0 Å². The Morgan fingerprint density at radius 1 is 1.43 bits per heavy atom. The van der Waals surface area contributed by atoms with E-state index in [9.17, 15) is 4.79 Å². The molecule has 0 aliphatic heterocycles. The lowest BCUT2D eigenvalue weighted by Gasteiger charge is -2.08. The summed E-state index contributed by atoms with van der Waals surface area (Å²) in [5.74, 6) is 0.419. The summed E-state index contributed by atoms with van der Waals surface area (Å²) in [6.07, 6.45) is 1.87. The SMILES string of the molecule is CCn1cc(Br)cc1C(=O)Nc1ccc(OCC#N)cc1. The van der Waals surface area contributed by atoms with Crippen molar-refractivity contribution < 1.29 is 9.53 Å². The van der Waals surface area contributed by atoms with Crippen LogP contribution in [0.2, 0.25) is 0 Å². The molecule has 2 aromatic rings. The molecular formula is C15H14BrN3O2. The van der Waals surface area contributed by atoms with E-state index in [1.807, 2.05) is 23.8 Å². The molecule has 5 nitrogen and oxygen atoms in total. The smallest absolute Gasteiger partial charge is 0.272 e. The van der Waals surface area contributed by atoms with E-state index in [1.165, 1.54) is 0 Å². The first-order valence-corrected chi connectivity index (χ1v) is 7.20. The van der Waals surface area contributed by atoms with Gasteiger partial charge in [-0.15, -0.1) is 0 Å². The Labute approximate surface area is 131 Å². The molecule has 0 spiro atoms. The number of nitrogens with one attached hydrogen (secondary N) is 1. The molecule has 0 radical (unpaired) electrons. The molecule has 1 aromatic heterocycles. The third kappa shape index (κ3) is 3.86. The van der Waals surface area contributed by atoms with E-state index in [4.69, 9.17) is 10.00 Å². The summed E-state index contributed by atoms with van der Waals surface area (Å²) in [4.78, 5) is 12.2. The topological polar surface area (TPSA) is 67.1 Å². The van der Waals surface area contributed by atoms with Crippen molar-refractivity contribution in [1.82, 2.24) is 4.57 Å². The molecule has 0 saturated carbocycles. The Hall–Kier alpha value is -2.26. The van der Waals surface area contributed by atoms with Gasteiger partial charge in [-0.1, -0.05) is 0 Å². The fourth-order valence-corrected chi connectivity index (χ4v) is 2.34. The van der Waals surface area contributed by atoms with Crippen molar-refractivity contribution >= 4 is 27.5 Å². The van der Waals surface area contributed by atoms with Gasteiger partial charge < -0.3 is 14.6 Å². The average Bonchev–Trinajstić information content (AvgIpc) is 2.88. The van der Waals surface area contributed by atoms with Crippen LogP contribution in [0.3, 0.4) is 0 Å². The number of hydrogen-bond donors (Lipinski definition) is 1. The lowest BCUT2D eigenvalue weighted by Crippen LogP contribution is -2.16. The molecule has 0 aliphatic rings. The number of amides is 1. The highest BCUT2D eigenvalue weighted by Crippen LogP contribution is 2.19. The summed E-state index contributed by atoms with van der Waals surface area (Å²) < 4.78 is 7.89. The van der Waals surface area contributed by atoms with E-state index in [2.05, 4.69) is 21.2 Å². The van der Waals surface area contributed by atoms with Crippen molar-refractivity contribution in [2.24, 2.45) is 0 Å². The quantitative estimate of drug-likeness (QED) is 0.900. The number of aryl methyl sites for hydroxylation is 1. The number of rotatable bonds is 5. The standard InChI is InChI=1S/C15H14BrN3O2/c1-2-19-10-11(16)9-14(19)15(20)18-12-3-5-13(6-4-12)21-8-7-17/h3-6,9-10H,2,8H2,1H3,(H,18,20). The van der Waals surface area contributed by atoms with Gasteiger partial charge in [0.2, 0.25) is 0 Å². The molecule has 0 atom stereocenters. The molecule has 108 valence electrons. The molecule has 21 heavy (non-hydrogen) atoms. The van der Waals surface area contributed by atoms with E-state index >= 15 is 0 Å². The Morgan fingerprint density at radius 2 is 2.14 bits per heavy atom. The number of anilines is 1. The maximum absolute atomic E-state index is 12.2. The molecule has 1 aromatic carbocycles. The summed E-state index contributed by atoms with van der Waals surface area (Å²) >= 11 is 3.37. The van der Waals surface area contributed by atoms with Gasteiger partial charge in [0, 0.05) is 22.9 Å². The molecule has 0 aliphatic carbocycles. The number of aromatic nitrogens is 1. The predicted octanol–water partition coefficient (Wildman–Crippen LogP) is 3.43. The molecule has 0 saturated heterocycles. The van der Waals surface area contributed by atoms with Crippen LogP contribution in [0.5, 0.6) is 5.75 Å². The largest absolute Gasteiger partial charge is 0.479 e. The molecule has 1 N–H and O–H groups in total. The number of carbonyl (C=O) groups excluding carboxylic acids is 1. The average molecular weight is 348 g/mol. The van der Waals surface area contributed by atoms with Crippen molar-refractivity contribution in [3.63, 3.8) is 0 Å². The van der Waals surface area contributed by atoms with Crippen molar-refractivity contribution in [3.8, 4) is 11.8 Å². The van der Waals surface area contributed by atoms with Crippen molar-refractivity contribution in [2.75, 3.05) is 11.9 Å². The van der Waals surface area contributed by atoms with E-state index in [-0.39, 0.29) is 12.5 Å². The van der Waals surface area contributed by atoms with Gasteiger partial charge in [0.25, 0.3) is 5.91 Å². The maximum Gasteiger partial charge on any atom is 0.272 e. The number of nitrogens with zero attached hydrogens (tertiary/aromatic N) is 2. The summed E-state index contributed by atoms with van der Waals surface area (Å²) in [5, 5.41) is 11.3. The highest BCUT2D eigenvalue weighted by molar-refractivity contribution is 9.10. The van der Waals surface area contributed by atoms with Gasteiger partial charge in [0.1, 0.15) is 17.5 Å². The van der Waals surface area contributed by atoms with E-state index < -0.39 is 0 Å². The van der Waals surface area contributed by atoms with Gasteiger partial charge in [-0.2, -0.15) is 5.26 Å². The minimum Gasteiger partial charge on any atom is -0.479 e. The number of carbonyl (C=O) groups is 1. The van der Waals surface area contributed by atoms with Crippen LogP contribution in [0.25, 0.3) is 0 Å². The Balaban J connectivity index is 2.07. The van der Waals surface area contributed by atoms with E-state index in [0.29, 0.717) is 17.1 Å². The van der Waals surface area contributed by atoms with Crippen molar-refractivity contribution in [1.29, 1.82) is 5.26 Å². The second kappa shape index (κ2) is 6.95. The summed E-state index contributed by atoms with van der Waals surface area (Å²) in [6.45, 7) is 2.70. The summed E-state index contributed by atoms with van der Waals surface area (Å²) in [7, 11) is 0. The normalized spacial score (nSPS) is 9.95. The summed E-state index contributed by atoms with van der Waals surface area (Å²) in [5.41, 5.74) is 1.26. The van der Waals surface area contributed by atoms with Crippen molar-refractivity contribution in [3.05, 3.63) is 46.7 Å². The van der Waals surface area contributed by atoms with Gasteiger partial charge in [-0.3, -0.25) is 4.79 Å². The molecular weight excluding hydrogens is 334 g/mol. The highest BCUT2D eigenvalue weighted by Gasteiger charge is 2.12. The lowest BCUT2D eigenvalue weighted by molar-refractivity contribution is 0.101. The van der Waals surface area contributed by atoms with Gasteiger partial charge in [0.15, 0.2) is 6.61 Å². The first-order chi connectivity index (χ1) is 10.1. The fourth-order valence-electron chi connectivity index (χ4n) is 1.87. The fraction of sp³-hybridized carbons (Fsp3) is 0.200.